The van der Waals surface area contributed by atoms with Crippen LogP contribution in [0.15, 0.2) is 54.6 Å². The highest BCUT2D eigenvalue weighted by atomic mass is 19.1. The van der Waals surface area contributed by atoms with E-state index in [9.17, 15) is 9.18 Å². The Balaban J connectivity index is 1.83. The predicted molar refractivity (Wildman–Crippen MR) is 101 cm³/mol. The average Bonchev–Trinajstić information content (AvgIpc) is 2.66. The topological polar surface area (TPSA) is 35.6 Å². The first-order valence-electron chi connectivity index (χ1n) is 9.07. The van der Waals surface area contributed by atoms with Crippen molar-refractivity contribution in [2.24, 2.45) is 0 Å². The number of rotatable bonds is 5. The van der Waals surface area contributed by atoms with Gasteiger partial charge in [0.15, 0.2) is 0 Å². The van der Waals surface area contributed by atoms with Gasteiger partial charge in [0.25, 0.3) is 0 Å². The molecule has 26 heavy (non-hydrogen) atoms. The molecule has 0 saturated carbocycles. The van der Waals surface area contributed by atoms with Crippen LogP contribution >= 0.6 is 0 Å². The number of nitrogens with zero attached hydrogens (tertiary/aromatic N) is 2. The standard InChI is InChI=1S/C21H26FN3O/c1-16-14-23-12-13-25(16)15-20(26)24(2)21(17-6-4-3-5-7-17)18-8-10-19(22)11-9-18/h3-11,16,21,23H,12-15H2,1-2H3/t16-,21?/m0/s1. The molecule has 1 heterocycles. The number of likely N-dealkylation sites (N-methyl/N-ethyl adjacent to an activating group) is 1. The van der Waals surface area contributed by atoms with Crippen molar-refractivity contribution < 1.29 is 9.18 Å². The van der Waals surface area contributed by atoms with Crippen molar-refractivity contribution in [1.29, 1.82) is 0 Å². The largest absolute Gasteiger partial charge is 0.334 e. The van der Waals surface area contributed by atoms with Crippen LogP contribution < -0.4 is 5.32 Å². The van der Waals surface area contributed by atoms with Gasteiger partial charge in [-0.05, 0) is 30.2 Å². The molecule has 2 aromatic rings. The van der Waals surface area contributed by atoms with E-state index < -0.39 is 0 Å². The van der Waals surface area contributed by atoms with E-state index in [0.29, 0.717) is 12.6 Å². The lowest BCUT2D eigenvalue weighted by atomic mass is 9.97. The fourth-order valence-electron chi connectivity index (χ4n) is 3.47. The molecule has 0 spiro atoms. The number of piperazine rings is 1. The minimum Gasteiger partial charge on any atom is -0.334 e. The van der Waals surface area contributed by atoms with Crippen molar-refractivity contribution in [2.45, 2.75) is 19.0 Å². The van der Waals surface area contributed by atoms with Gasteiger partial charge in [-0.15, -0.1) is 0 Å². The Morgan fingerprint density at radius 2 is 1.85 bits per heavy atom. The zero-order valence-electron chi connectivity index (χ0n) is 15.4. The van der Waals surface area contributed by atoms with Gasteiger partial charge in [-0.1, -0.05) is 42.5 Å². The minimum absolute atomic E-state index is 0.0666. The first-order valence-corrected chi connectivity index (χ1v) is 9.07. The number of carbonyl (C=O) groups excluding carboxylic acids is 1. The molecular weight excluding hydrogens is 329 g/mol. The number of nitrogens with one attached hydrogen (secondary N) is 1. The maximum Gasteiger partial charge on any atom is 0.237 e. The summed E-state index contributed by atoms with van der Waals surface area (Å²) in [7, 11) is 1.83. The lowest BCUT2D eigenvalue weighted by Gasteiger charge is -2.36. The van der Waals surface area contributed by atoms with E-state index in [1.54, 1.807) is 17.0 Å². The van der Waals surface area contributed by atoms with Gasteiger partial charge in [0.05, 0.1) is 12.6 Å². The summed E-state index contributed by atoms with van der Waals surface area (Å²) in [5.74, 6) is -0.207. The molecule has 1 saturated heterocycles. The Labute approximate surface area is 154 Å². The summed E-state index contributed by atoms with van der Waals surface area (Å²) in [6.07, 6.45) is 0. The first kappa shape index (κ1) is 18.5. The van der Waals surface area contributed by atoms with E-state index >= 15 is 0 Å². The zero-order chi connectivity index (χ0) is 18.5. The summed E-state index contributed by atoms with van der Waals surface area (Å²) in [5, 5.41) is 3.34. The van der Waals surface area contributed by atoms with Crippen LogP contribution in [0, 0.1) is 5.82 Å². The first-order chi connectivity index (χ1) is 12.6. The molecule has 1 unspecified atom stereocenters. The van der Waals surface area contributed by atoms with Crippen molar-refractivity contribution in [1.82, 2.24) is 15.1 Å². The second-order valence-electron chi connectivity index (χ2n) is 6.89. The van der Waals surface area contributed by atoms with Gasteiger partial charge in [-0.2, -0.15) is 0 Å². The molecule has 138 valence electrons. The Bertz CT molecular complexity index is 720. The highest BCUT2D eigenvalue weighted by Gasteiger charge is 2.27. The molecule has 1 N–H and O–H groups in total. The van der Waals surface area contributed by atoms with Crippen LogP contribution in [0.5, 0.6) is 0 Å². The second-order valence-corrected chi connectivity index (χ2v) is 6.89. The maximum atomic E-state index is 13.4. The van der Waals surface area contributed by atoms with Gasteiger partial charge in [0.2, 0.25) is 5.91 Å². The Morgan fingerprint density at radius 3 is 2.50 bits per heavy atom. The summed E-state index contributed by atoms with van der Waals surface area (Å²) in [6.45, 7) is 5.20. The third-order valence-electron chi connectivity index (χ3n) is 5.06. The Kier molecular flexibility index (Phi) is 6.01. The zero-order valence-corrected chi connectivity index (χ0v) is 15.4. The Hall–Kier alpha value is -2.24. The second kappa shape index (κ2) is 8.43. The molecule has 1 amide bonds. The van der Waals surface area contributed by atoms with Crippen LogP contribution in [0.2, 0.25) is 0 Å². The third-order valence-corrected chi connectivity index (χ3v) is 5.06. The van der Waals surface area contributed by atoms with Crippen LogP contribution in [0.25, 0.3) is 0 Å². The summed E-state index contributed by atoms with van der Waals surface area (Å²) < 4.78 is 13.4. The van der Waals surface area contributed by atoms with E-state index in [0.717, 1.165) is 30.8 Å². The Morgan fingerprint density at radius 1 is 1.19 bits per heavy atom. The lowest BCUT2D eigenvalue weighted by molar-refractivity contribution is -0.133. The van der Waals surface area contributed by atoms with Crippen LogP contribution in [0.4, 0.5) is 4.39 Å². The van der Waals surface area contributed by atoms with Gasteiger partial charge in [0.1, 0.15) is 5.82 Å². The molecular formula is C21H26FN3O. The molecule has 2 atom stereocenters. The number of hydrogen-bond donors (Lipinski definition) is 1. The fourth-order valence-corrected chi connectivity index (χ4v) is 3.47. The number of hydrogen-bond acceptors (Lipinski definition) is 3. The lowest BCUT2D eigenvalue weighted by Crippen LogP contribution is -2.53. The molecule has 4 nitrogen and oxygen atoms in total. The summed E-state index contributed by atoms with van der Waals surface area (Å²) in [4.78, 5) is 17.0. The van der Waals surface area contributed by atoms with Gasteiger partial charge in [-0.3, -0.25) is 9.69 Å². The monoisotopic (exact) mass is 355 g/mol. The average molecular weight is 355 g/mol. The minimum atomic E-state index is -0.274. The van der Waals surface area contributed by atoms with Crippen molar-refractivity contribution in [2.75, 3.05) is 33.2 Å². The fraction of sp³-hybridized carbons (Fsp3) is 0.381. The van der Waals surface area contributed by atoms with Crippen LogP contribution in [-0.2, 0) is 4.79 Å². The highest BCUT2D eigenvalue weighted by molar-refractivity contribution is 5.79. The van der Waals surface area contributed by atoms with E-state index in [-0.39, 0.29) is 17.8 Å². The van der Waals surface area contributed by atoms with E-state index in [1.807, 2.05) is 37.4 Å². The molecule has 5 heteroatoms. The molecule has 0 bridgehead atoms. The van der Waals surface area contributed by atoms with Gasteiger partial charge >= 0.3 is 0 Å². The summed E-state index contributed by atoms with van der Waals surface area (Å²) in [6, 6.07) is 16.4. The van der Waals surface area contributed by atoms with Crippen molar-refractivity contribution in [3.63, 3.8) is 0 Å². The number of benzene rings is 2. The van der Waals surface area contributed by atoms with E-state index in [1.165, 1.54) is 12.1 Å². The van der Waals surface area contributed by atoms with Gasteiger partial charge in [0, 0.05) is 32.7 Å². The van der Waals surface area contributed by atoms with E-state index in [4.69, 9.17) is 0 Å². The summed E-state index contributed by atoms with van der Waals surface area (Å²) in [5.41, 5.74) is 1.92. The highest BCUT2D eigenvalue weighted by Crippen LogP contribution is 2.28. The van der Waals surface area contributed by atoms with Crippen molar-refractivity contribution in [3.05, 3.63) is 71.5 Å². The van der Waals surface area contributed by atoms with Gasteiger partial charge < -0.3 is 10.2 Å². The van der Waals surface area contributed by atoms with Crippen molar-refractivity contribution >= 4 is 5.91 Å². The molecule has 2 aromatic carbocycles. The SMILES string of the molecule is C[C@H]1CNCCN1CC(=O)N(C)C(c1ccccc1)c1ccc(F)cc1. The molecule has 3 rings (SSSR count). The quantitative estimate of drug-likeness (QED) is 0.896. The van der Waals surface area contributed by atoms with Gasteiger partial charge in [-0.25, -0.2) is 4.39 Å². The third kappa shape index (κ3) is 4.29. The normalized spacial score (nSPS) is 19.1. The molecule has 0 radical (unpaired) electrons. The van der Waals surface area contributed by atoms with Crippen LogP contribution in [0.3, 0.4) is 0 Å². The van der Waals surface area contributed by atoms with E-state index in [2.05, 4.69) is 17.1 Å². The number of amides is 1. The smallest absolute Gasteiger partial charge is 0.237 e. The molecule has 1 aliphatic rings. The predicted octanol–water partition coefficient (Wildman–Crippen LogP) is 2.67. The molecule has 0 aliphatic carbocycles. The summed E-state index contributed by atoms with van der Waals surface area (Å²) >= 11 is 0. The van der Waals surface area contributed by atoms with Crippen LogP contribution in [-0.4, -0.2) is 55.0 Å². The molecule has 1 aliphatic heterocycles. The van der Waals surface area contributed by atoms with Crippen LogP contribution in [0.1, 0.15) is 24.1 Å². The number of halogens is 1. The molecule has 0 aromatic heterocycles. The molecule has 1 fully saturated rings. The maximum absolute atomic E-state index is 13.4. The number of carbonyl (C=O) groups is 1. The van der Waals surface area contributed by atoms with Crippen molar-refractivity contribution in [3.8, 4) is 0 Å².